The Labute approximate surface area is 354 Å². The lowest BCUT2D eigenvalue weighted by molar-refractivity contribution is -0.143. The Hall–Kier alpha value is -5.38. The fourth-order valence-corrected chi connectivity index (χ4v) is 8.76. The minimum absolute atomic E-state index is 0.0652. The van der Waals surface area contributed by atoms with Crippen LogP contribution in [0.4, 0.5) is 0 Å². The van der Waals surface area contributed by atoms with E-state index in [9.17, 15) is 19.8 Å². The Morgan fingerprint density at radius 1 is 0.533 bits per heavy atom. The minimum Gasteiger partial charge on any atom is -0.497 e. The highest BCUT2D eigenvalue weighted by Gasteiger charge is 2.40. The van der Waals surface area contributed by atoms with Gasteiger partial charge in [0.05, 0.1) is 51.5 Å². The molecule has 4 aliphatic carbocycles. The number of carboxylic acids is 2. The summed E-state index contributed by atoms with van der Waals surface area (Å²) in [6.45, 7) is 4.94. The first-order valence-electron chi connectivity index (χ1n) is 21.6. The van der Waals surface area contributed by atoms with Gasteiger partial charge in [-0.2, -0.15) is 0 Å². The van der Waals surface area contributed by atoms with E-state index in [1.807, 2.05) is 111 Å². The highest BCUT2D eigenvalue weighted by Crippen LogP contribution is 2.48. The molecular weight excluding hydrogens is 761 g/mol. The van der Waals surface area contributed by atoms with Crippen molar-refractivity contribution in [2.45, 2.75) is 89.3 Å². The number of carbonyl (C=O) groups is 2. The number of methoxy groups -OCH3 is 2. The minimum atomic E-state index is -0.727. The van der Waals surface area contributed by atoms with E-state index in [2.05, 4.69) is 0 Å². The topological polar surface area (TPSA) is 130 Å². The first-order chi connectivity index (χ1) is 29.1. The van der Waals surface area contributed by atoms with Crippen molar-refractivity contribution >= 4 is 11.9 Å². The van der Waals surface area contributed by atoms with Crippen LogP contribution in [0.3, 0.4) is 0 Å². The molecule has 8 rings (SSSR count). The van der Waals surface area contributed by atoms with Gasteiger partial charge in [-0.05, 0) is 147 Å². The number of carboxylic acid groups (broad SMARTS) is 2. The predicted octanol–water partition coefficient (Wildman–Crippen LogP) is 10.3. The Balaban J connectivity index is 0.000000181. The summed E-state index contributed by atoms with van der Waals surface area (Å²) < 4.78 is 34.6. The maximum absolute atomic E-state index is 11.5. The quantitative estimate of drug-likeness (QED) is 0.0889. The summed E-state index contributed by atoms with van der Waals surface area (Å²) in [5.41, 5.74) is 2.16. The molecular formula is C50H60O10. The van der Waals surface area contributed by atoms with Crippen LogP contribution in [0, 0.1) is 35.5 Å². The second kappa shape index (κ2) is 19.8. The molecule has 4 aliphatic rings. The summed E-state index contributed by atoms with van der Waals surface area (Å²) in [7, 11) is 3.31. The molecule has 10 nitrogen and oxygen atoms in total. The normalized spacial score (nSPS) is 22.5. The molecule has 60 heavy (non-hydrogen) atoms. The van der Waals surface area contributed by atoms with E-state index in [1.54, 1.807) is 14.2 Å². The molecule has 0 saturated heterocycles. The molecule has 0 spiro atoms. The van der Waals surface area contributed by atoms with E-state index in [-0.39, 0.29) is 35.9 Å². The smallest absolute Gasteiger partial charge is 0.306 e. The standard InChI is InChI=1S/2C25H30O5/c2*1-16(25(26)27)24(18-9-10-18)19-5-3-7-21(13-19)29-15-17-11-23(12-17)30-22-8-4-6-20(14-22)28-2/h2*3-8,13-14,16-18,23-24H,9-12,15H2,1-2H3,(H,26,27)/t2*16-,17?,23?,24-/m00/s1. The number of aliphatic carboxylic acids is 2. The van der Waals surface area contributed by atoms with E-state index in [0.717, 1.165) is 97.0 Å². The summed E-state index contributed by atoms with van der Waals surface area (Å²) in [5, 5.41) is 19.0. The molecule has 4 saturated carbocycles. The lowest BCUT2D eigenvalue weighted by Crippen LogP contribution is -2.37. The molecule has 320 valence electrons. The lowest BCUT2D eigenvalue weighted by Gasteiger charge is -2.35. The Bertz CT molecular complexity index is 1880. The van der Waals surface area contributed by atoms with Gasteiger partial charge >= 0.3 is 11.9 Å². The van der Waals surface area contributed by atoms with Gasteiger partial charge in [-0.15, -0.1) is 0 Å². The molecule has 0 bridgehead atoms. The Morgan fingerprint density at radius 2 is 0.883 bits per heavy atom. The van der Waals surface area contributed by atoms with E-state index < -0.39 is 11.9 Å². The molecule has 0 amide bonds. The van der Waals surface area contributed by atoms with Crippen LogP contribution in [0.25, 0.3) is 0 Å². The van der Waals surface area contributed by atoms with Crippen molar-refractivity contribution in [1.82, 2.24) is 0 Å². The van der Waals surface area contributed by atoms with Crippen molar-refractivity contribution in [2.75, 3.05) is 27.4 Å². The number of hydrogen-bond donors (Lipinski definition) is 2. The largest absolute Gasteiger partial charge is 0.497 e. The summed E-state index contributed by atoms with van der Waals surface area (Å²) in [5.74, 6) is 4.75. The van der Waals surface area contributed by atoms with Gasteiger partial charge < -0.3 is 38.6 Å². The van der Waals surface area contributed by atoms with Gasteiger partial charge in [0.2, 0.25) is 0 Å². The van der Waals surface area contributed by atoms with Crippen molar-refractivity contribution < 1.29 is 48.2 Å². The van der Waals surface area contributed by atoms with E-state index >= 15 is 0 Å². The van der Waals surface area contributed by atoms with Crippen LogP contribution < -0.4 is 28.4 Å². The van der Waals surface area contributed by atoms with E-state index in [4.69, 9.17) is 28.4 Å². The van der Waals surface area contributed by atoms with E-state index in [1.165, 1.54) is 0 Å². The number of hydrogen-bond acceptors (Lipinski definition) is 8. The summed E-state index contributed by atoms with van der Waals surface area (Å²) in [4.78, 5) is 23.1. The van der Waals surface area contributed by atoms with Crippen LogP contribution in [-0.4, -0.2) is 61.8 Å². The fraction of sp³-hybridized carbons (Fsp3) is 0.480. The average molecular weight is 821 g/mol. The van der Waals surface area contributed by atoms with Crippen molar-refractivity contribution in [3.63, 3.8) is 0 Å². The van der Waals surface area contributed by atoms with Crippen molar-refractivity contribution in [2.24, 2.45) is 35.5 Å². The van der Waals surface area contributed by atoms with Crippen LogP contribution in [0.15, 0.2) is 97.1 Å². The second-order valence-corrected chi connectivity index (χ2v) is 17.3. The molecule has 0 aromatic heterocycles. The molecule has 4 atom stereocenters. The Kier molecular flexibility index (Phi) is 14.1. The highest BCUT2D eigenvalue weighted by atomic mass is 16.5. The molecule has 4 aromatic carbocycles. The number of benzene rings is 4. The lowest BCUT2D eigenvalue weighted by atomic mass is 9.82. The van der Waals surface area contributed by atoms with Crippen molar-refractivity contribution in [1.29, 1.82) is 0 Å². The number of ether oxygens (including phenoxy) is 6. The molecule has 2 N–H and O–H groups in total. The second-order valence-electron chi connectivity index (χ2n) is 17.3. The van der Waals surface area contributed by atoms with Crippen LogP contribution in [-0.2, 0) is 9.59 Å². The van der Waals surface area contributed by atoms with Crippen molar-refractivity contribution in [3.8, 4) is 34.5 Å². The van der Waals surface area contributed by atoms with Crippen LogP contribution in [0.2, 0.25) is 0 Å². The van der Waals surface area contributed by atoms with Crippen LogP contribution in [0.1, 0.15) is 88.2 Å². The molecule has 0 radical (unpaired) electrons. The third-order valence-electron chi connectivity index (χ3n) is 12.6. The zero-order valence-corrected chi connectivity index (χ0v) is 35.2. The third kappa shape index (κ3) is 11.5. The highest BCUT2D eigenvalue weighted by molar-refractivity contribution is 5.71. The van der Waals surface area contributed by atoms with Gasteiger partial charge in [0, 0.05) is 12.1 Å². The third-order valence-corrected chi connectivity index (χ3v) is 12.6. The van der Waals surface area contributed by atoms with Gasteiger partial charge in [0.15, 0.2) is 0 Å². The summed E-state index contributed by atoms with van der Waals surface area (Å²) in [6.07, 6.45) is 8.77. The first-order valence-corrected chi connectivity index (χ1v) is 21.6. The van der Waals surface area contributed by atoms with Crippen molar-refractivity contribution in [3.05, 3.63) is 108 Å². The molecule has 4 fully saturated rings. The summed E-state index contributed by atoms with van der Waals surface area (Å²) in [6, 6.07) is 31.4. The summed E-state index contributed by atoms with van der Waals surface area (Å²) >= 11 is 0. The monoisotopic (exact) mass is 820 g/mol. The number of rotatable bonds is 20. The predicted molar refractivity (Wildman–Crippen MR) is 229 cm³/mol. The molecule has 0 aliphatic heterocycles. The SMILES string of the molecule is COc1cccc(OC2CC(COc3cccc([C@H](C4CC4)[C@H](C)C(=O)O)c3)C2)c1.COc1cccc(OC2CC(COc3cccc([C@H](C4CC4)[C@H](C)C(=O)O)c3)C2)c1. The zero-order valence-electron chi connectivity index (χ0n) is 35.2. The van der Waals surface area contributed by atoms with Crippen LogP contribution in [0.5, 0.6) is 34.5 Å². The maximum atomic E-state index is 11.5. The average Bonchev–Trinajstić information content (AvgIpc) is 4.17. The first kappa shape index (κ1) is 42.7. The molecule has 4 aromatic rings. The zero-order chi connectivity index (χ0) is 42.2. The molecule has 10 heteroatoms. The fourth-order valence-electron chi connectivity index (χ4n) is 8.76. The molecule has 0 heterocycles. The van der Waals surface area contributed by atoms with Gasteiger partial charge in [-0.25, -0.2) is 0 Å². The van der Waals surface area contributed by atoms with Gasteiger partial charge in [0.1, 0.15) is 34.5 Å². The maximum Gasteiger partial charge on any atom is 0.306 e. The van der Waals surface area contributed by atoms with Gasteiger partial charge in [0.25, 0.3) is 0 Å². The van der Waals surface area contributed by atoms with E-state index in [0.29, 0.717) is 36.9 Å². The van der Waals surface area contributed by atoms with Gasteiger partial charge in [-0.3, -0.25) is 9.59 Å². The van der Waals surface area contributed by atoms with Crippen LogP contribution >= 0.6 is 0 Å². The Morgan fingerprint density at radius 3 is 1.23 bits per heavy atom. The molecule has 0 unspecified atom stereocenters. The van der Waals surface area contributed by atoms with Gasteiger partial charge in [-0.1, -0.05) is 50.2 Å².